The molecule has 0 amide bonds. The Bertz CT molecular complexity index is 38.3. The summed E-state index contributed by atoms with van der Waals surface area (Å²) < 4.78 is 31.1. The second kappa shape index (κ2) is 6.06. The van der Waals surface area contributed by atoms with Crippen LogP contribution in [0.3, 0.4) is 0 Å². The van der Waals surface area contributed by atoms with Crippen LogP contribution in [0.5, 0.6) is 0 Å². The monoisotopic (exact) mass is 344 g/mol. The van der Waals surface area contributed by atoms with E-state index in [0.29, 0.717) is 0 Å². The Morgan fingerprint density at radius 2 is 1.25 bits per heavy atom. The summed E-state index contributed by atoms with van der Waals surface area (Å²) in [7, 11) is -4.13. The van der Waals surface area contributed by atoms with Crippen LogP contribution in [0.1, 0.15) is 0 Å². The maximum absolute atomic E-state index is 9.22. The third-order valence-electron chi connectivity index (χ3n) is 0.0845. The normalized spacial score (nSPS) is 9.00. The molecule has 0 aromatic rings. The molecule has 8 heavy (non-hydrogen) atoms. The second-order valence-corrected chi connectivity index (χ2v) is 2.95. The van der Waals surface area contributed by atoms with E-state index in [0.717, 1.165) is 0 Å². The Morgan fingerprint density at radius 1 is 1.12 bits per heavy atom. The van der Waals surface area contributed by atoms with Gasteiger partial charge in [-0.1, -0.05) is 0 Å². The molecule has 0 atom stereocenters. The molecule has 0 rings (SSSR count). The van der Waals surface area contributed by atoms with E-state index in [1.807, 2.05) is 0 Å². The zero-order valence-electron chi connectivity index (χ0n) is 3.46. The van der Waals surface area contributed by atoms with Gasteiger partial charge in [0.15, 0.2) is 0 Å². The van der Waals surface area contributed by atoms with Crippen molar-refractivity contribution in [1.29, 1.82) is 0 Å². The van der Waals surface area contributed by atoms with Crippen molar-refractivity contribution in [2.75, 3.05) is 0 Å². The van der Waals surface area contributed by atoms with Gasteiger partial charge in [-0.2, -0.15) is 0 Å². The molecule has 52 valence electrons. The summed E-state index contributed by atoms with van der Waals surface area (Å²) in [4.78, 5) is 0. The van der Waals surface area contributed by atoms with Crippen LogP contribution in [0.15, 0.2) is 0 Å². The standard InChI is InChI=1S/Bi.ClHO4.2H2O/c;2-1(3,4)5;;/h;(H,2,3,4,5);2*1H2/q+1;;;/p-1. The van der Waals surface area contributed by atoms with Crippen molar-refractivity contribution in [3.05, 3.63) is 0 Å². The third kappa shape index (κ3) is 15.8. The molecule has 4 N–H and O–H groups in total. The summed E-state index contributed by atoms with van der Waals surface area (Å²) in [5.74, 6) is 0. The summed E-state index contributed by atoms with van der Waals surface area (Å²) in [6.45, 7) is 0. The molecule has 0 bridgehead atoms. The van der Waals surface area contributed by atoms with E-state index in [2.05, 4.69) is 2.37 Å². The zero-order valence-corrected chi connectivity index (χ0v) is 7.69. The van der Waals surface area contributed by atoms with E-state index in [9.17, 15) is 14.0 Å². The Morgan fingerprint density at radius 3 is 1.25 bits per heavy atom. The van der Waals surface area contributed by atoms with E-state index >= 15 is 0 Å². The average Bonchev–Trinajstić information content (AvgIpc) is 1.35. The SMILES string of the molecule is O.O.[O-][Cl+3]([O-])([O-])[O][Bi]. The molecule has 0 unspecified atom stereocenters. The van der Waals surface area contributed by atoms with Crippen LogP contribution in [0.25, 0.3) is 0 Å². The number of hydrogen-bond acceptors (Lipinski definition) is 4. The third-order valence-corrected chi connectivity index (χ3v) is 2.22. The second-order valence-electron chi connectivity index (χ2n) is 0.447. The molecule has 0 saturated carbocycles. The zero-order chi connectivity index (χ0) is 5.21. The van der Waals surface area contributed by atoms with Crippen LogP contribution in [0, 0.1) is 10.2 Å². The van der Waals surface area contributed by atoms with Gasteiger partial charge in [-0.3, -0.25) is 0 Å². The van der Waals surface area contributed by atoms with Crippen molar-refractivity contribution in [3.63, 3.8) is 0 Å². The van der Waals surface area contributed by atoms with Crippen molar-refractivity contribution in [2.45, 2.75) is 0 Å². The minimum absolute atomic E-state index is 0. The fraction of sp³-hybridized carbons (Fsp3) is 0. The predicted molar refractivity (Wildman–Crippen MR) is 14.1 cm³/mol. The fourth-order valence-electron chi connectivity index (χ4n) is 0. The van der Waals surface area contributed by atoms with Crippen LogP contribution in [-0.2, 0) is 2.37 Å². The maximum atomic E-state index is 9.22. The van der Waals surface area contributed by atoms with E-state index in [1.54, 1.807) is 0 Å². The molecule has 0 fully saturated rings. The molecular formula is H4BiClO6. The summed E-state index contributed by atoms with van der Waals surface area (Å²) in [6.07, 6.45) is 0. The van der Waals surface area contributed by atoms with Crippen molar-refractivity contribution < 1.29 is 37.5 Å². The first-order valence-electron chi connectivity index (χ1n) is 0.800. The molecule has 0 aliphatic heterocycles. The molecule has 0 aliphatic carbocycles. The van der Waals surface area contributed by atoms with Crippen molar-refractivity contribution in [3.8, 4) is 0 Å². The van der Waals surface area contributed by atoms with Crippen LogP contribution in [-0.4, -0.2) is 36.1 Å². The first kappa shape index (κ1) is 16.0. The molecule has 8 heteroatoms. The number of hydrogen-bond donors (Lipinski definition) is 0. The van der Waals surface area contributed by atoms with E-state index in [1.165, 1.54) is 0 Å². The Labute approximate surface area is 62.9 Å². The first-order chi connectivity index (χ1) is 2.56. The van der Waals surface area contributed by atoms with Gasteiger partial charge in [0.25, 0.3) is 0 Å². The van der Waals surface area contributed by atoms with Crippen molar-refractivity contribution in [2.24, 2.45) is 0 Å². The van der Waals surface area contributed by atoms with Gasteiger partial charge in [0, 0.05) is 0 Å². The minimum atomic E-state index is -4.13. The topological polar surface area (TPSA) is 141 Å². The Balaban J connectivity index is -0.000000125. The van der Waals surface area contributed by atoms with Crippen molar-refractivity contribution >= 4 is 25.2 Å². The molecule has 0 spiro atoms. The van der Waals surface area contributed by atoms with Crippen LogP contribution in [0.2, 0.25) is 0 Å². The van der Waals surface area contributed by atoms with Gasteiger partial charge in [0.05, 0.1) is 0 Å². The Hall–Kier alpha value is 0.933. The van der Waals surface area contributed by atoms with Gasteiger partial charge in [-0.25, -0.2) is 0 Å². The average molecular weight is 344 g/mol. The molecule has 6 nitrogen and oxygen atoms in total. The summed E-state index contributed by atoms with van der Waals surface area (Å²) in [6, 6.07) is 0. The molecule has 2 radical (unpaired) electrons. The molecular weight excluding hydrogens is 340 g/mol. The van der Waals surface area contributed by atoms with Gasteiger partial charge in [0.1, 0.15) is 0 Å². The first-order valence-corrected chi connectivity index (χ1v) is 3.45. The van der Waals surface area contributed by atoms with E-state index in [-0.39, 0.29) is 36.1 Å². The van der Waals surface area contributed by atoms with Crippen LogP contribution >= 0.6 is 0 Å². The van der Waals surface area contributed by atoms with Gasteiger partial charge in [-0.15, -0.1) is 0 Å². The van der Waals surface area contributed by atoms with E-state index in [4.69, 9.17) is 0 Å². The van der Waals surface area contributed by atoms with Gasteiger partial charge < -0.3 is 11.0 Å². The van der Waals surface area contributed by atoms with Gasteiger partial charge >= 0.3 is 51.7 Å². The molecule has 0 aromatic carbocycles. The summed E-state index contributed by atoms with van der Waals surface area (Å²) >= 11 is 0.107. The van der Waals surface area contributed by atoms with Gasteiger partial charge in [0.2, 0.25) is 0 Å². The molecule has 0 aliphatic rings. The van der Waals surface area contributed by atoms with Crippen LogP contribution in [0.4, 0.5) is 0 Å². The molecule has 0 aromatic heterocycles. The number of rotatable bonds is 1. The van der Waals surface area contributed by atoms with Crippen LogP contribution < -0.4 is 14.0 Å². The fourth-order valence-corrected chi connectivity index (χ4v) is 0. The summed E-state index contributed by atoms with van der Waals surface area (Å²) in [5, 5.41) is 0. The summed E-state index contributed by atoms with van der Waals surface area (Å²) in [5.41, 5.74) is 0. The number of halogens is 1. The van der Waals surface area contributed by atoms with Gasteiger partial charge in [-0.05, 0) is 0 Å². The molecule has 0 heterocycles. The molecule has 0 saturated heterocycles. The predicted octanol–water partition coefficient (Wildman–Crippen LogP) is -5.67. The quantitative estimate of drug-likeness (QED) is 0.437. The van der Waals surface area contributed by atoms with Crippen molar-refractivity contribution in [1.82, 2.24) is 0 Å². The Kier molecular flexibility index (Phi) is 12.1. The van der Waals surface area contributed by atoms with E-state index < -0.39 is 10.2 Å².